The maximum Gasteiger partial charge on any atom is 0.254 e. The number of amides is 1. The molecule has 2 N–H and O–H groups in total. The van der Waals surface area contributed by atoms with E-state index >= 15 is 0 Å². The van der Waals surface area contributed by atoms with Crippen molar-refractivity contribution in [2.45, 2.75) is 5.03 Å². The zero-order chi connectivity index (χ0) is 18.8. The largest absolute Gasteiger partial charge is 0.351 e. The third-order valence-corrected chi connectivity index (χ3v) is 5.73. The first-order chi connectivity index (χ1) is 12.5. The van der Waals surface area contributed by atoms with Gasteiger partial charge in [-0.15, -0.1) is 11.8 Å². The summed E-state index contributed by atoms with van der Waals surface area (Å²) in [4.78, 5) is 16.6. The number of nitrogens with one attached hydrogen (secondary N) is 2. The average molecular weight is 392 g/mol. The second-order valence-electron chi connectivity index (χ2n) is 5.26. The summed E-state index contributed by atoms with van der Waals surface area (Å²) in [6.45, 7) is 0.0366. The van der Waals surface area contributed by atoms with Crippen LogP contribution < -0.4 is 10.0 Å². The van der Waals surface area contributed by atoms with Crippen LogP contribution >= 0.6 is 11.8 Å². The van der Waals surface area contributed by atoms with Crippen LogP contribution in [0.2, 0.25) is 0 Å². The number of sulfonamides is 1. The van der Waals surface area contributed by atoms with Crippen molar-refractivity contribution in [1.82, 2.24) is 15.0 Å². The number of hydrogen-bond donors (Lipinski definition) is 2. The van der Waals surface area contributed by atoms with Crippen LogP contribution in [0.5, 0.6) is 0 Å². The zero-order valence-electron chi connectivity index (χ0n) is 14.4. The third-order valence-electron chi connectivity index (χ3n) is 3.41. The Morgan fingerprint density at radius 3 is 2.69 bits per heavy atom. The Balaban J connectivity index is 1.92. The summed E-state index contributed by atoms with van der Waals surface area (Å²) in [6.07, 6.45) is 5.65. The van der Waals surface area contributed by atoms with E-state index in [0.717, 1.165) is 5.56 Å². The predicted molar refractivity (Wildman–Crippen MR) is 106 cm³/mol. The number of benzene rings is 1. The first kappa shape index (κ1) is 20.2. The Bertz CT molecular complexity index is 853. The fraction of sp³-hybridized carbons (Fsp3) is 0.222. The minimum Gasteiger partial charge on any atom is -0.351 e. The topological polar surface area (TPSA) is 88.2 Å². The van der Waals surface area contributed by atoms with Gasteiger partial charge in [-0.2, -0.15) is 0 Å². The van der Waals surface area contributed by atoms with Crippen LogP contribution in [0.15, 0.2) is 59.8 Å². The second-order valence-corrected chi connectivity index (χ2v) is 8.31. The molecule has 2 aromatic rings. The van der Waals surface area contributed by atoms with Crippen LogP contribution in [0.25, 0.3) is 6.08 Å². The number of carbonyl (C=O) groups is 1. The van der Waals surface area contributed by atoms with Crippen molar-refractivity contribution < 1.29 is 13.2 Å². The van der Waals surface area contributed by atoms with E-state index in [4.69, 9.17) is 0 Å². The van der Waals surface area contributed by atoms with Crippen molar-refractivity contribution in [2.24, 2.45) is 0 Å². The summed E-state index contributed by atoms with van der Waals surface area (Å²) in [5.74, 6) is 0.164. The Labute approximate surface area is 158 Å². The molecule has 0 atom stereocenters. The van der Waals surface area contributed by atoms with Gasteiger partial charge < -0.3 is 5.32 Å². The number of pyridine rings is 1. The van der Waals surface area contributed by atoms with Gasteiger partial charge in [0.05, 0.1) is 11.3 Å². The molecular weight excluding hydrogens is 370 g/mol. The Hall–Kier alpha value is -2.16. The van der Waals surface area contributed by atoms with Gasteiger partial charge in [-0.3, -0.25) is 4.79 Å². The maximum absolute atomic E-state index is 12.3. The van der Waals surface area contributed by atoms with Crippen molar-refractivity contribution in [3.8, 4) is 0 Å². The van der Waals surface area contributed by atoms with Crippen molar-refractivity contribution in [2.75, 3.05) is 25.1 Å². The number of aromatic nitrogens is 1. The molecule has 0 aliphatic rings. The van der Waals surface area contributed by atoms with Crippen molar-refractivity contribution in [3.63, 3.8) is 0 Å². The molecule has 0 spiro atoms. The molecule has 0 fully saturated rings. The second kappa shape index (κ2) is 10.1. The normalized spacial score (nSPS) is 11.6. The fourth-order valence-corrected chi connectivity index (χ4v) is 3.43. The molecule has 1 aromatic carbocycles. The summed E-state index contributed by atoms with van der Waals surface area (Å²) in [5.41, 5.74) is 1.55. The highest BCUT2D eigenvalue weighted by Crippen LogP contribution is 2.20. The van der Waals surface area contributed by atoms with Crippen LogP contribution in [-0.2, 0) is 10.0 Å². The van der Waals surface area contributed by atoms with E-state index in [9.17, 15) is 13.2 Å². The van der Waals surface area contributed by atoms with E-state index in [-0.39, 0.29) is 18.2 Å². The fourth-order valence-electron chi connectivity index (χ4n) is 2.05. The molecule has 1 aromatic heterocycles. The Morgan fingerprint density at radius 2 is 1.96 bits per heavy atom. The first-order valence-electron chi connectivity index (χ1n) is 8.00. The average Bonchev–Trinajstić information content (AvgIpc) is 2.66. The van der Waals surface area contributed by atoms with Crippen LogP contribution in [0.3, 0.4) is 0 Å². The standard InChI is InChI=1S/C18H21N3O3S2/c1-19-26(23,24)14-12-20-17(22)16-10-5-11-21-18(16)25-13-6-9-15-7-3-2-4-8-15/h2-11,19H,12-14H2,1H3,(H,20,22)/b9-6+. The summed E-state index contributed by atoms with van der Waals surface area (Å²) in [7, 11) is -2.00. The van der Waals surface area contributed by atoms with E-state index in [1.807, 2.05) is 42.5 Å². The molecule has 0 saturated heterocycles. The molecule has 0 aliphatic heterocycles. The molecule has 0 saturated carbocycles. The van der Waals surface area contributed by atoms with Crippen molar-refractivity contribution >= 4 is 33.8 Å². The quantitative estimate of drug-likeness (QED) is 0.640. The van der Waals surface area contributed by atoms with Crippen LogP contribution in [-0.4, -0.2) is 44.4 Å². The van der Waals surface area contributed by atoms with Gasteiger partial charge >= 0.3 is 0 Å². The number of hydrogen-bond acceptors (Lipinski definition) is 5. The molecule has 26 heavy (non-hydrogen) atoms. The molecule has 1 heterocycles. The molecule has 0 radical (unpaired) electrons. The van der Waals surface area contributed by atoms with Crippen LogP contribution in [0, 0.1) is 0 Å². The Morgan fingerprint density at radius 1 is 1.19 bits per heavy atom. The summed E-state index contributed by atoms with van der Waals surface area (Å²) >= 11 is 1.45. The highest BCUT2D eigenvalue weighted by Gasteiger charge is 2.13. The molecule has 2 rings (SSSR count). The number of carbonyl (C=O) groups excluding carboxylic acids is 1. The third kappa shape index (κ3) is 6.62. The van der Waals surface area contributed by atoms with Gasteiger partial charge in [0.2, 0.25) is 10.0 Å². The maximum atomic E-state index is 12.3. The lowest BCUT2D eigenvalue weighted by atomic mass is 10.2. The van der Waals surface area contributed by atoms with Gasteiger partial charge in [-0.1, -0.05) is 42.5 Å². The van der Waals surface area contributed by atoms with Crippen molar-refractivity contribution in [3.05, 3.63) is 65.9 Å². The molecule has 6 nitrogen and oxygen atoms in total. The van der Waals surface area contributed by atoms with Crippen molar-refractivity contribution in [1.29, 1.82) is 0 Å². The smallest absolute Gasteiger partial charge is 0.254 e. The number of nitrogens with zero attached hydrogens (tertiary/aromatic N) is 1. The monoisotopic (exact) mass is 391 g/mol. The highest BCUT2D eigenvalue weighted by atomic mass is 32.2. The molecule has 1 amide bonds. The number of rotatable bonds is 9. The minimum atomic E-state index is -3.35. The molecule has 0 unspecified atom stereocenters. The van der Waals surface area contributed by atoms with E-state index in [1.165, 1.54) is 18.8 Å². The van der Waals surface area contributed by atoms with E-state index in [1.54, 1.807) is 18.3 Å². The van der Waals surface area contributed by atoms with Gasteiger partial charge in [-0.25, -0.2) is 18.1 Å². The number of thioether (sulfide) groups is 1. The lowest BCUT2D eigenvalue weighted by molar-refractivity contribution is 0.0952. The van der Waals surface area contributed by atoms with Gasteiger partial charge in [-0.05, 0) is 24.7 Å². The van der Waals surface area contributed by atoms with Gasteiger partial charge in [0.1, 0.15) is 5.03 Å². The Kier molecular flexibility index (Phi) is 7.83. The highest BCUT2D eigenvalue weighted by molar-refractivity contribution is 7.99. The zero-order valence-corrected chi connectivity index (χ0v) is 16.0. The lowest BCUT2D eigenvalue weighted by Gasteiger charge is -2.08. The first-order valence-corrected chi connectivity index (χ1v) is 10.6. The molecule has 0 aliphatic carbocycles. The SMILES string of the molecule is CNS(=O)(=O)CCNC(=O)c1cccnc1SC/C=C/c1ccccc1. The van der Waals surface area contributed by atoms with E-state index < -0.39 is 10.0 Å². The summed E-state index contributed by atoms with van der Waals surface area (Å²) in [5, 5.41) is 3.23. The lowest BCUT2D eigenvalue weighted by Crippen LogP contribution is -2.33. The van der Waals surface area contributed by atoms with E-state index in [2.05, 4.69) is 15.0 Å². The summed E-state index contributed by atoms with van der Waals surface area (Å²) < 4.78 is 25.0. The molecule has 138 valence electrons. The van der Waals surface area contributed by atoms with Gasteiger partial charge in [0, 0.05) is 18.5 Å². The molecular formula is C18H21N3O3S2. The summed E-state index contributed by atoms with van der Waals surface area (Å²) in [6, 6.07) is 13.3. The van der Waals surface area contributed by atoms with Gasteiger partial charge in [0.25, 0.3) is 5.91 Å². The van der Waals surface area contributed by atoms with Crippen LogP contribution in [0.4, 0.5) is 0 Å². The predicted octanol–water partition coefficient (Wildman–Crippen LogP) is 2.17. The van der Waals surface area contributed by atoms with Crippen LogP contribution in [0.1, 0.15) is 15.9 Å². The minimum absolute atomic E-state index is 0.0366. The van der Waals surface area contributed by atoms with Gasteiger partial charge in [0.15, 0.2) is 0 Å². The molecule has 0 bridgehead atoms. The molecule has 8 heteroatoms. The van der Waals surface area contributed by atoms with E-state index in [0.29, 0.717) is 16.3 Å².